The van der Waals surface area contributed by atoms with Crippen molar-refractivity contribution in [1.29, 1.82) is 0 Å². The van der Waals surface area contributed by atoms with Crippen molar-refractivity contribution in [2.75, 3.05) is 12.0 Å². The molecule has 3 heterocycles. The number of anilines is 1. The summed E-state index contributed by atoms with van der Waals surface area (Å²) in [7, 11) is 0. The van der Waals surface area contributed by atoms with E-state index in [1.54, 1.807) is 29.2 Å². The van der Waals surface area contributed by atoms with Gasteiger partial charge in [-0.3, -0.25) is 5.10 Å². The summed E-state index contributed by atoms with van der Waals surface area (Å²) in [5, 5.41) is 11.9. The fourth-order valence-electron chi connectivity index (χ4n) is 2.73. The van der Waals surface area contributed by atoms with Crippen LogP contribution in [0.5, 0.6) is 0 Å². The van der Waals surface area contributed by atoms with E-state index in [1.165, 1.54) is 11.8 Å². The van der Waals surface area contributed by atoms with Gasteiger partial charge in [-0.15, -0.1) is 11.8 Å². The highest BCUT2D eigenvalue weighted by Crippen LogP contribution is 2.42. The number of thioether (sulfide) groups is 1. The van der Waals surface area contributed by atoms with E-state index in [-0.39, 0.29) is 5.02 Å². The predicted octanol–water partition coefficient (Wildman–Crippen LogP) is 3.97. The van der Waals surface area contributed by atoms with Gasteiger partial charge in [0.25, 0.3) is 0 Å². The molecule has 0 aliphatic carbocycles. The van der Waals surface area contributed by atoms with Crippen LogP contribution in [0.15, 0.2) is 35.5 Å². The lowest BCUT2D eigenvalue weighted by Crippen LogP contribution is -1.93. The first-order valence-electron chi connectivity index (χ1n) is 6.73. The van der Waals surface area contributed by atoms with Crippen molar-refractivity contribution < 1.29 is 4.39 Å². The van der Waals surface area contributed by atoms with Crippen molar-refractivity contribution in [3.63, 3.8) is 0 Å². The topological polar surface area (TPSA) is 72.0 Å². The van der Waals surface area contributed by atoms with Crippen molar-refractivity contribution in [1.82, 2.24) is 19.8 Å². The van der Waals surface area contributed by atoms with Crippen LogP contribution in [0.25, 0.3) is 27.5 Å². The van der Waals surface area contributed by atoms with E-state index in [2.05, 4.69) is 15.3 Å². The van der Waals surface area contributed by atoms with Gasteiger partial charge in [-0.05, 0) is 24.0 Å². The van der Waals surface area contributed by atoms with Crippen LogP contribution in [-0.4, -0.2) is 26.1 Å². The molecule has 5 nitrogen and oxygen atoms in total. The number of nitrogens with one attached hydrogen (secondary N) is 1. The first-order valence-corrected chi connectivity index (χ1v) is 8.33. The first kappa shape index (κ1) is 14.3. The summed E-state index contributed by atoms with van der Waals surface area (Å²) < 4.78 is 16.3. The zero-order valence-electron chi connectivity index (χ0n) is 12.0. The molecule has 0 radical (unpaired) electrons. The predicted molar refractivity (Wildman–Crippen MR) is 91.4 cm³/mol. The fraction of sp³-hybridized carbons (Fsp3) is 0.0667. The Labute approximate surface area is 139 Å². The number of H-pyrrole nitrogens is 1. The Balaban J connectivity index is 2.07. The lowest BCUT2D eigenvalue weighted by Gasteiger charge is -2.11. The zero-order valence-corrected chi connectivity index (χ0v) is 13.5. The second-order valence-electron chi connectivity index (χ2n) is 5.05. The van der Waals surface area contributed by atoms with Gasteiger partial charge < -0.3 is 5.73 Å². The third-order valence-electron chi connectivity index (χ3n) is 3.72. The molecule has 0 saturated heterocycles. The van der Waals surface area contributed by atoms with Crippen LogP contribution >= 0.6 is 23.4 Å². The van der Waals surface area contributed by atoms with Crippen LogP contribution in [0, 0.1) is 5.82 Å². The highest BCUT2D eigenvalue weighted by molar-refractivity contribution is 7.98. The Morgan fingerprint density at radius 3 is 3.00 bits per heavy atom. The third-order valence-corrected chi connectivity index (χ3v) is 4.87. The summed E-state index contributed by atoms with van der Waals surface area (Å²) in [6.07, 6.45) is 5.23. The average molecular weight is 348 g/mol. The van der Waals surface area contributed by atoms with Gasteiger partial charge in [-0.1, -0.05) is 11.6 Å². The van der Waals surface area contributed by atoms with Gasteiger partial charge in [0.2, 0.25) is 0 Å². The molecule has 3 aromatic heterocycles. The largest absolute Gasteiger partial charge is 0.382 e. The number of rotatable bonds is 2. The number of nitrogen functional groups attached to an aromatic ring is 1. The van der Waals surface area contributed by atoms with Crippen molar-refractivity contribution in [3.8, 4) is 11.1 Å². The molecule has 1 aromatic carbocycles. The maximum absolute atomic E-state index is 14.6. The highest BCUT2D eigenvalue weighted by atomic mass is 35.5. The summed E-state index contributed by atoms with van der Waals surface area (Å²) in [5.41, 5.74) is 8.54. The molecule has 0 amide bonds. The number of nitrogens with two attached hydrogens (primary N) is 1. The minimum atomic E-state index is -0.446. The van der Waals surface area contributed by atoms with Crippen molar-refractivity contribution >= 4 is 45.6 Å². The average Bonchev–Trinajstić information content (AvgIpc) is 3.13. The number of benzene rings is 1. The molecule has 0 fully saturated rings. The summed E-state index contributed by atoms with van der Waals surface area (Å²) in [6.45, 7) is 0. The molecule has 0 saturated carbocycles. The van der Waals surface area contributed by atoms with Crippen LogP contribution in [-0.2, 0) is 0 Å². The molecule has 0 spiro atoms. The number of pyridine rings is 1. The summed E-state index contributed by atoms with van der Waals surface area (Å²) in [4.78, 5) is 0.459. The number of halogens is 2. The molecule has 3 N–H and O–H groups in total. The smallest absolute Gasteiger partial charge is 0.158 e. The second-order valence-corrected chi connectivity index (χ2v) is 6.24. The Morgan fingerprint density at radius 1 is 1.39 bits per heavy atom. The number of hydrogen-bond acceptors (Lipinski definition) is 4. The maximum atomic E-state index is 14.6. The molecule has 0 unspecified atom stereocenters. The minimum Gasteiger partial charge on any atom is -0.382 e. The van der Waals surface area contributed by atoms with Crippen molar-refractivity contribution in [2.24, 2.45) is 0 Å². The van der Waals surface area contributed by atoms with Crippen molar-refractivity contribution in [2.45, 2.75) is 4.90 Å². The molecule has 0 bridgehead atoms. The van der Waals surface area contributed by atoms with Gasteiger partial charge in [0.05, 0.1) is 27.1 Å². The van der Waals surface area contributed by atoms with Gasteiger partial charge in [0.1, 0.15) is 5.82 Å². The number of aromatic nitrogens is 4. The molecule has 4 rings (SSSR count). The maximum Gasteiger partial charge on any atom is 0.158 e. The SMILES string of the molecule is CSc1c(F)c(Cl)c(-c2ccn3nc(N)cc3c2)c2cn[nH]c12. The van der Waals surface area contributed by atoms with Crippen LogP contribution in [0.2, 0.25) is 5.02 Å². The van der Waals surface area contributed by atoms with E-state index in [1.807, 2.05) is 12.1 Å². The molecule has 116 valence electrons. The molecule has 4 aromatic rings. The molecule has 0 aliphatic rings. The third kappa shape index (κ3) is 2.08. The molecular weight excluding hydrogens is 337 g/mol. The van der Waals surface area contributed by atoms with Gasteiger partial charge in [0, 0.05) is 23.2 Å². The van der Waals surface area contributed by atoms with Gasteiger partial charge in [-0.2, -0.15) is 10.2 Å². The number of hydrogen-bond donors (Lipinski definition) is 2. The van der Waals surface area contributed by atoms with E-state index in [9.17, 15) is 4.39 Å². The molecule has 0 aliphatic heterocycles. The van der Waals surface area contributed by atoms with Crippen LogP contribution < -0.4 is 5.73 Å². The lowest BCUT2D eigenvalue weighted by atomic mass is 10.0. The fourth-order valence-corrected chi connectivity index (χ4v) is 3.73. The summed E-state index contributed by atoms with van der Waals surface area (Å²) in [6, 6.07) is 5.44. The Hall–Kier alpha value is -2.25. The monoisotopic (exact) mass is 347 g/mol. The van der Waals surface area contributed by atoms with Crippen LogP contribution in [0.3, 0.4) is 0 Å². The van der Waals surface area contributed by atoms with Crippen LogP contribution in [0.4, 0.5) is 10.2 Å². The van der Waals surface area contributed by atoms with Gasteiger partial charge in [-0.25, -0.2) is 8.91 Å². The highest BCUT2D eigenvalue weighted by Gasteiger charge is 2.20. The van der Waals surface area contributed by atoms with E-state index in [4.69, 9.17) is 17.3 Å². The Kier molecular flexibility index (Phi) is 3.21. The summed E-state index contributed by atoms with van der Waals surface area (Å²) in [5.74, 6) is -0.0237. The van der Waals surface area contributed by atoms with Crippen molar-refractivity contribution in [3.05, 3.63) is 41.4 Å². The molecule has 23 heavy (non-hydrogen) atoms. The van der Waals surface area contributed by atoms with E-state index in [0.717, 1.165) is 16.5 Å². The van der Waals surface area contributed by atoms with Gasteiger partial charge in [0.15, 0.2) is 5.82 Å². The minimum absolute atomic E-state index is 0.0834. The second kappa shape index (κ2) is 5.14. The number of aromatic amines is 1. The number of nitrogens with zero attached hydrogens (tertiary/aromatic N) is 3. The van der Waals surface area contributed by atoms with E-state index in [0.29, 0.717) is 21.8 Å². The molecule has 8 heteroatoms. The first-order chi connectivity index (χ1) is 11.1. The quantitative estimate of drug-likeness (QED) is 0.538. The lowest BCUT2D eigenvalue weighted by molar-refractivity contribution is 0.606. The Bertz CT molecular complexity index is 1060. The molecular formula is C15H11ClFN5S. The Morgan fingerprint density at radius 2 is 2.22 bits per heavy atom. The molecule has 0 atom stereocenters. The van der Waals surface area contributed by atoms with Crippen LogP contribution in [0.1, 0.15) is 0 Å². The summed E-state index contributed by atoms with van der Waals surface area (Å²) >= 11 is 7.62. The van der Waals surface area contributed by atoms with Gasteiger partial charge >= 0.3 is 0 Å². The standard InChI is InChI=1S/C15H11ClFN5S/c1-23-15-13(17)12(16)11(9-6-19-20-14(9)15)7-2-3-22-8(4-7)5-10(18)21-22/h2-6H,1H3,(H2,18,21)(H,19,20). The number of fused-ring (bicyclic) bond motifs is 2. The van der Waals surface area contributed by atoms with E-state index < -0.39 is 5.82 Å². The normalized spacial score (nSPS) is 11.6. The zero-order chi connectivity index (χ0) is 16.1. The van der Waals surface area contributed by atoms with E-state index >= 15 is 0 Å².